The summed E-state index contributed by atoms with van der Waals surface area (Å²) in [7, 11) is -3.32. The maximum atomic E-state index is 12.7. The first kappa shape index (κ1) is 17.7. The second kappa shape index (κ2) is 6.87. The maximum Gasteiger partial charge on any atom is 0.243 e. The molecule has 3 rings (SSSR count). The molecule has 2 saturated heterocycles. The van der Waals surface area contributed by atoms with Crippen molar-refractivity contribution in [2.24, 2.45) is 11.8 Å². The van der Waals surface area contributed by atoms with Crippen molar-refractivity contribution in [3.63, 3.8) is 0 Å². The summed E-state index contributed by atoms with van der Waals surface area (Å²) < 4.78 is 27.1. The van der Waals surface area contributed by atoms with Gasteiger partial charge in [-0.2, -0.15) is 4.31 Å². The van der Waals surface area contributed by atoms with Crippen LogP contribution in [0.3, 0.4) is 0 Å². The Bertz CT molecular complexity index is 591. The van der Waals surface area contributed by atoms with Crippen LogP contribution in [0.2, 0.25) is 0 Å². The summed E-state index contributed by atoms with van der Waals surface area (Å²) in [4.78, 5) is 0.433. The number of hydrogen-bond donors (Lipinski definition) is 1. The van der Waals surface area contributed by atoms with Crippen molar-refractivity contribution >= 4 is 22.4 Å². The van der Waals surface area contributed by atoms with Crippen LogP contribution in [-0.2, 0) is 10.0 Å². The second-order valence-electron chi connectivity index (χ2n) is 6.38. The first-order valence-corrected chi connectivity index (χ1v) is 9.27. The molecule has 1 unspecified atom stereocenters. The molecule has 0 aliphatic carbocycles. The smallest absolute Gasteiger partial charge is 0.243 e. The van der Waals surface area contributed by atoms with Crippen LogP contribution >= 0.6 is 12.4 Å². The van der Waals surface area contributed by atoms with Crippen LogP contribution in [0.15, 0.2) is 29.2 Å². The largest absolute Gasteiger partial charge is 0.316 e. The zero-order chi connectivity index (χ0) is 15.0. The van der Waals surface area contributed by atoms with E-state index in [0.29, 0.717) is 35.7 Å². The van der Waals surface area contributed by atoms with Gasteiger partial charge in [0.15, 0.2) is 0 Å². The Morgan fingerprint density at radius 2 is 1.73 bits per heavy atom. The van der Waals surface area contributed by atoms with Crippen molar-refractivity contribution in [2.45, 2.75) is 31.1 Å². The molecule has 1 N–H and O–H groups in total. The molecule has 2 heterocycles. The van der Waals surface area contributed by atoms with Gasteiger partial charge in [-0.15, -0.1) is 12.4 Å². The Morgan fingerprint density at radius 1 is 1.18 bits per heavy atom. The van der Waals surface area contributed by atoms with Gasteiger partial charge < -0.3 is 5.32 Å². The standard InChI is InChI=1S/C16H24N2O2S.ClH/c1-3-12(2)13-4-6-16(7-5-13)21(19,20)18-10-14-8-17-9-15(14)11-18;/h4-7,12,14-15,17H,3,8-11H2,1-2H3;1H/t12?,14-,15+;. The molecule has 124 valence electrons. The minimum absolute atomic E-state index is 0. The summed E-state index contributed by atoms with van der Waals surface area (Å²) in [5.41, 5.74) is 1.21. The van der Waals surface area contributed by atoms with E-state index in [4.69, 9.17) is 0 Å². The fourth-order valence-electron chi connectivity index (χ4n) is 3.36. The third kappa shape index (κ3) is 3.18. The van der Waals surface area contributed by atoms with Crippen molar-refractivity contribution in [1.82, 2.24) is 9.62 Å². The number of fused-ring (bicyclic) bond motifs is 1. The van der Waals surface area contributed by atoms with Crippen LogP contribution in [0.25, 0.3) is 0 Å². The average molecular weight is 345 g/mol. The van der Waals surface area contributed by atoms with Gasteiger partial charge in [0.2, 0.25) is 10.0 Å². The molecule has 3 atom stereocenters. The van der Waals surface area contributed by atoms with E-state index in [1.807, 2.05) is 12.1 Å². The molecule has 0 spiro atoms. The predicted octanol–water partition coefficient (Wildman–Crippen LogP) is 2.46. The van der Waals surface area contributed by atoms with Gasteiger partial charge in [0.1, 0.15) is 0 Å². The minimum atomic E-state index is -3.32. The summed E-state index contributed by atoms with van der Waals surface area (Å²) in [5, 5.41) is 3.34. The highest BCUT2D eigenvalue weighted by atomic mass is 35.5. The Labute approximate surface area is 139 Å². The molecule has 0 amide bonds. The van der Waals surface area contributed by atoms with E-state index in [0.717, 1.165) is 19.5 Å². The Morgan fingerprint density at radius 3 is 2.23 bits per heavy atom. The summed E-state index contributed by atoms with van der Waals surface area (Å²) in [6.45, 7) is 7.53. The molecule has 1 aromatic carbocycles. The normalized spacial score (nSPS) is 26.5. The lowest BCUT2D eigenvalue weighted by molar-refractivity contribution is 0.448. The van der Waals surface area contributed by atoms with Gasteiger partial charge in [-0.1, -0.05) is 26.0 Å². The molecular formula is C16H25ClN2O2S. The molecule has 0 aromatic heterocycles. The predicted molar refractivity (Wildman–Crippen MR) is 91.0 cm³/mol. The molecule has 4 nitrogen and oxygen atoms in total. The Balaban J connectivity index is 0.00000176. The minimum Gasteiger partial charge on any atom is -0.316 e. The highest BCUT2D eigenvalue weighted by Crippen LogP contribution is 2.31. The maximum absolute atomic E-state index is 12.7. The highest BCUT2D eigenvalue weighted by Gasteiger charge is 2.41. The first-order valence-electron chi connectivity index (χ1n) is 7.83. The molecule has 6 heteroatoms. The van der Waals surface area contributed by atoms with E-state index in [2.05, 4.69) is 19.2 Å². The van der Waals surface area contributed by atoms with Gasteiger partial charge in [0.05, 0.1) is 4.90 Å². The molecule has 22 heavy (non-hydrogen) atoms. The second-order valence-corrected chi connectivity index (χ2v) is 8.32. The number of halogens is 1. The fourth-order valence-corrected chi connectivity index (χ4v) is 4.92. The zero-order valence-corrected chi connectivity index (χ0v) is 14.8. The van der Waals surface area contributed by atoms with Crippen molar-refractivity contribution in [2.75, 3.05) is 26.2 Å². The summed E-state index contributed by atoms with van der Waals surface area (Å²) in [6, 6.07) is 7.45. The lowest BCUT2D eigenvalue weighted by atomic mass is 9.99. The van der Waals surface area contributed by atoms with Crippen molar-refractivity contribution in [3.05, 3.63) is 29.8 Å². The van der Waals surface area contributed by atoms with E-state index in [1.54, 1.807) is 16.4 Å². The van der Waals surface area contributed by atoms with Crippen LogP contribution in [0.1, 0.15) is 31.7 Å². The zero-order valence-electron chi connectivity index (χ0n) is 13.2. The third-order valence-electron chi connectivity index (χ3n) is 5.06. The van der Waals surface area contributed by atoms with Crippen LogP contribution in [-0.4, -0.2) is 38.9 Å². The molecule has 2 aliphatic rings. The molecule has 0 saturated carbocycles. The van der Waals surface area contributed by atoms with E-state index in [9.17, 15) is 8.42 Å². The van der Waals surface area contributed by atoms with E-state index in [-0.39, 0.29) is 12.4 Å². The van der Waals surface area contributed by atoms with Crippen LogP contribution in [0, 0.1) is 11.8 Å². The number of benzene rings is 1. The SMILES string of the molecule is CCC(C)c1ccc(S(=O)(=O)N2C[C@H]3CNC[C@H]3C2)cc1.Cl. The molecule has 1 aromatic rings. The Hall–Kier alpha value is -0.620. The lowest BCUT2D eigenvalue weighted by Gasteiger charge is -2.18. The van der Waals surface area contributed by atoms with Gasteiger partial charge in [-0.3, -0.25) is 0 Å². The topological polar surface area (TPSA) is 49.4 Å². The van der Waals surface area contributed by atoms with E-state index >= 15 is 0 Å². The average Bonchev–Trinajstić information content (AvgIpc) is 3.08. The summed E-state index contributed by atoms with van der Waals surface area (Å²) >= 11 is 0. The first-order chi connectivity index (χ1) is 10.0. The number of rotatable bonds is 4. The summed E-state index contributed by atoms with van der Waals surface area (Å²) in [5.74, 6) is 1.44. The van der Waals surface area contributed by atoms with Crippen molar-refractivity contribution in [3.8, 4) is 0 Å². The molecule has 2 fully saturated rings. The number of sulfonamides is 1. The molecule has 0 radical (unpaired) electrons. The Kier molecular flexibility index (Phi) is 5.54. The van der Waals surface area contributed by atoms with Gasteiger partial charge in [-0.05, 0) is 55.0 Å². The number of nitrogens with one attached hydrogen (secondary N) is 1. The van der Waals surface area contributed by atoms with Crippen LogP contribution < -0.4 is 5.32 Å². The number of hydrogen-bond acceptors (Lipinski definition) is 3. The molecule has 2 aliphatic heterocycles. The highest BCUT2D eigenvalue weighted by molar-refractivity contribution is 7.89. The monoisotopic (exact) mass is 344 g/mol. The van der Waals surface area contributed by atoms with Gasteiger partial charge in [0.25, 0.3) is 0 Å². The van der Waals surface area contributed by atoms with E-state index < -0.39 is 10.0 Å². The van der Waals surface area contributed by atoms with Crippen molar-refractivity contribution in [1.29, 1.82) is 0 Å². The van der Waals surface area contributed by atoms with Crippen LogP contribution in [0.5, 0.6) is 0 Å². The molecule has 0 bridgehead atoms. The molecular weight excluding hydrogens is 320 g/mol. The fraction of sp³-hybridized carbons (Fsp3) is 0.625. The van der Waals surface area contributed by atoms with Gasteiger partial charge in [0, 0.05) is 13.1 Å². The van der Waals surface area contributed by atoms with E-state index in [1.165, 1.54) is 5.56 Å². The quantitative estimate of drug-likeness (QED) is 0.912. The van der Waals surface area contributed by atoms with Gasteiger partial charge in [-0.25, -0.2) is 8.42 Å². The number of nitrogens with zero attached hydrogens (tertiary/aromatic N) is 1. The van der Waals surface area contributed by atoms with Crippen molar-refractivity contribution < 1.29 is 8.42 Å². The summed E-state index contributed by atoms with van der Waals surface area (Å²) in [6.07, 6.45) is 1.06. The lowest BCUT2D eigenvalue weighted by Crippen LogP contribution is -2.31. The third-order valence-corrected chi connectivity index (χ3v) is 6.90. The van der Waals surface area contributed by atoms with Gasteiger partial charge >= 0.3 is 0 Å². The van der Waals surface area contributed by atoms with Crippen LogP contribution in [0.4, 0.5) is 0 Å².